The summed E-state index contributed by atoms with van der Waals surface area (Å²) in [5, 5.41) is 10.1. The Labute approximate surface area is 372 Å². The van der Waals surface area contributed by atoms with E-state index in [2.05, 4.69) is 238 Å². The number of hydrogen-bond acceptors (Lipinski definition) is 1. The Morgan fingerprint density at radius 1 is 0.250 bits per heavy atom. The van der Waals surface area contributed by atoms with Gasteiger partial charge in [-0.1, -0.05) is 146 Å². The fourth-order valence-electron chi connectivity index (χ4n) is 10.6. The maximum atomic E-state index is 2.49. The molecule has 64 heavy (non-hydrogen) atoms. The lowest BCUT2D eigenvalue weighted by Crippen LogP contribution is -1.97. The number of benzene rings is 10. The normalized spacial score (nSPS) is 12.1. The minimum absolute atomic E-state index is 1.15. The molecular formula is C60H37N3S. The topological polar surface area (TPSA) is 14.8 Å². The largest absolute Gasteiger partial charge is 0.309 e. The maximum Gasteiger partial charge on any atom is 0.0555 e. The Kier molecular flexibility index (Phi) is 7.56. The second-order valence-electron chi connectivity index (χ2n) is 16.9. The number of fused-ring (bicyclic) bond motifs is 12. The molecule has 0 spiro atoms. The van der Waals surface area contributed by atoms with Gasteiger partial charge in [0, 0.05) is 63.9 Å². The molecule has 3 nitrogen and oxygen atoms in total. The zero-order valence-corrected chi connectivity index (χ0v) is 35.4. The van der Waals surface area contributed by atoms with Crippen LogP contribution in [-0.2, 0) is 0 Å². The van der Waals surface area contributed by atoms with Crippen molar-refractivity contribution in [2.75, 3.05) is 0 Å². The van der Waals surface area contributed by atoms with Gasteiger partial charge in [-0.05, 0) is 101 Å². The fraction of sp³-hybridized carbons (Fsp3) is 0. The van der Waals surface area contributed by atoms with E-state index in [9.17, 15) is 0 Å². The third kappa shape index (κ3) is 5.15. The van der Waals surface area contributed by atoms with E-state index in [1.54, 1.807) is 0 Å². The number of aromatic nitrogens is 3. The highest BCUT2D eigenvalue weighted by molar-refractivity contribution is 7.26. The molecule has 0 atom stereocenters. The lowest BCUT2D eigenvalue weighted by Gasteiger charge is -2.12. The van der Waals surface area contributed by atoms with Gasteiger partial charge < -0.3 is 13.7 Å². The van der Waals surface area contributed by atoms with E-state index in [1.165, 1.54) is 114 Å². The van der Waals surface area contributed by atoms with E-state index in [0.29, 0.717) is 0 Å². The Morgan fingerprint density at radius 3 is 1.27 bits per heavy atom. The molecule has 4 heteroatoms. The van der Waals surface area contributed by atoms with Crippen molar-refractivity contribution >= 4 is 96.9 Å². The zero-order valence-electron chi connectivity index (χ0n) is 34.6. The van der Waals surface area contributed by atoms with Crippen LogP contribution in [-0.4, -0.2) is 13.7 Å². The molecule has 0 amide bonds. The Balaban J connectivity index is 0.918. The van der Waals surface area contributed by atoms with Crippen LogP contribution in [0.4, 0.5) is 0 Å². The summed E-state index contributed by atoms with van der Waals surface area (Å²) < 4.78 is 9.94. The van der Waals surface area contributed by atoms with Crippen LogP contribution in [0.15, 0.2) is 224 Å². The van der Waals surface area contributed by atoms with E-state index in [1.807, 2.05) is 11.3 Å². The summed E-state index contributed by atoms with van der Waals surface area (Å²) in [7, 11) is 0. The lowest BCUT2D eigenvalue weighted by molar-refractivity contribution is 1.16. The zero-order chi connectivity index (χ0) is 41.9. The van der Waals surface area contributed by atoms with E-state index in [0.717, 1.165) is 11.4 Å². The molecule has 10 aromatic carbocycles. The van der Waals surface area contributed by atoms with E-state index >= 15 is 0 Å². The summed E-state index contributed by atoms with van der Waals surface area (Å²) in [5.41, 5.74) is 15.7. The van der Waals surface area contributed by atoms with Crippen LogP contribution >= 0.6 is 11.3 Å². The summed E-state index contributed by atoms with van der Waals surface area (Å²) in [6.45, 7) is 0. The first-order chi connectivity index (χ1) is 31.7. The van der Waals surface area contributed by atoms with Crippen molar-refractivity contribution in [1.29, 1.82) is 0 Å². The third-order valence-electron chi connectivity index (χ3n) is 13.5. The molecule has 0 bridgehead atoms. The predicted molar refractivity (Wildman–Crippen MR) is 273 cm³/mol. The Bertz CT molecular complexity index is 4130. The molecule has 4 aromatic heterocycles. The quantitative estimate of drug-likeness (QED) is 0.164. The number of rotatable bonds is 5. The molecule has 0 saturated heterocycles. The molecule has 14 rings (SSSR count). The van der Waals surface area contributed by atoms with E-state index < -0.39 is 0 Å². The van der Waals surface area contributed by atoms with Crippen molar-refractivity contribution in [3.8, 4) is 39.3 Å². The molecule has 0 unspecified atom stereocenters. The molecule has 298 valence electrons. The summed E-state index contributed by atoms with van der Waals surface area (Å²) >= 11 is 1.88. The minimum atomic E-state index is 1.15. The molecule has 0 aliphatic heterocycles. The highest BCUT2D eigenvalue weighted by Crippen LogP contribution is 2.44. The van der Waals surface area contributed by atoms with Gasteiger partial charge in [-0.3, -0.25) is 0 Å². The molecule has 0 fully saturated rings. The van der Waals surface area contributed by atoms with Gasteiger partial charge in [0.05, 0.1) is 38.8 Å². The van der Waals surface area contributed by atoms with Crippen molar-refractivity contribution in [3.05, 3.63) is 224 Å². The molecule has 0 aliphatic rings. The van der Waals surface area contributed by atoms with Crippen molar-refractivity contribution in [2.24, 2.45) is 0 Å². The van der Waals surface area contributed by atoms with Gasteiger partial charge in [-0.2, -0.15) is 0 Å². The predicted octanol–water partition coefficient (Wildman–Crippen LogP) is 16.7. The summed E-state index contributed by atoms with van der Waals surface area (Å²) in [6.07, 6.45) is 0. The van der Waals surface area contributed by atoms with Gasteiger partial charge in [0.15, 0.2) is 0 Å². The monoisotopic (exact) mass is 831 g/mol. The smallest absolute Gasteiger partial charge is 0.0555 e. The average Bonchev–Trinajstić information content (AvgIpc) is 4.10. The van der Waals surface area contributed by atoms with Crippen molar-refractivity contribution in [3.63, 3.8) is 0 Å². The van der Waals surface area contributed by atoms with E-state index in [-0.39, 0.29) is 0 Å². The maximum absolute atomic E-state index is 2.49. The van der Waals surface area contributed by atoms with Crippen molar-refractivity contribution < 1.29 is 0 Å². The van der Waals surface area contributed by atoms with Crippen LogP contribution in [0.3, 0.4) is 0 Å². The minimum Gasteiger partial charge on any atom is -0.309 e. The van der Waals surface area contributed by atoms with Crippen LogP contribution in [0.1, 0.15) is 0 Å². The fourth-order valence-corrected chi connectivity index (χ4v) is 11.8. The van der Waals surface area contributed by atoms with Gasteiger partial charge in [0.1, 0.15) is 0 Å². The van der Waals surface area contributed by atoms with Crippen LogP contribution in [0.5, 0.6) is 0 Å². The van der Waals surface area contributed by atoms with Crippen LogP contribution < -0.4 is 0 Å². The molecule has 0 N–H and O–H groups in total. The number of nitrogens with zero attached hydrogens (tertiary/aromatic N) is 3. The van der Waals surface area contributed by atoms with Crippen molar-refractivity contribution in [1.82, 2.24) is 13.7 Å². The first-order valence-corrected chi connectivity index (χ1v) is 22.7. The molecule has 0 aliphatic carbocycles. The Morgan fingerprint density at radius 2 is 0.688 bits per heavy atom. The van der Waals surface area contributed by atoms with Gasteiger partial charge in [0.2, 0.25) is 0 Å². The SMILES string of the molecule is c1ccc(-c2ccc(-c3ccc4c(c3)sc3cccc(-n5c6ccccc6c6cc(-n7c8ccccc8c8cc(-n9c%10ccccc%10c%10ccccc%109)ccc87)ccc65)c34)cc2)cc1. The van der Waals surface area contributed by atoms with Crippen LogP contribution in [0, 0.1) is 0 Å². The molecular weight excluding hydrogens is 795 g/mol. The van der Waals surface area contributed by atoms with Gasteiger partial charge >= 0.3 is 0 Å². The summed E-state index contributed by atoms with van der Waals surface area (Å²) in [6, 6.07) is 82.6. The molecule has 14 aromatic rings. The summed E-state index contributed by atoms with van der Waals surface area (Å²) in [4.78, 5) is 0. The number of thiophene rings is 1. The number of hydrogen-bond donors (Lipinski definition) is 0. The van der Waals surface area contributed by atoms with Crippen LogP contribution in [0.2, 0.25) is 0 Å². The molecule has 0 radical (unpaired) electrons. The van der Waals surface area contributed by atoms with Gasteiger partial charge in [-0.15, -0.1) is 11.3 Å². The first-order valence-electron chi connectivity index (χ1n) is 21.9. The highest BCUT2D eigenvalue weighted by Gasteiger charge is 2.20. The van der Waals surface area contributed by atoms with E-state index in [4.69, 9.17) is 0 Å². The average molecular weight is 832 g/mol. The highest BCUT2D eigenvalue weighted by atomic mass is 32.1. The van der Waals surface area contributed by atoms with Crippen molar-refractivity contribution in [2.45, 2.75) is 0 Å². The Hall–Kier alpha value is -8.18. The van der Waals surface area contributed by atoms with Crippen LogP contribution in [0.25, 0.3) is 125 Å². The molecule has 4 heterocycles. The second-order valence-corrected chi connectivity index (χ2v) is 18.0. The van der Waals surface area contributed by atoms with Gasteiger partial charge in [-0.25, -0.2) is 0 Å². The second kappa shape index (κ2) is 13.7. The third-order valence-corrected chi connectivity index (χ3v) is 14.6. The number of para-hydroxylation sites is 4. The molecule has 0 saturated carbocycles. The lowest BCUT2D eigenvalue weighted by atomic mass is 9.99. The van der Waals surface area contributed by atoms with Gasteiger partial charge in [0.25, 0.3) is 0 Å². The standard InChI is InChI=1S/C60H37N3S/c1-2-13-38(14-3-1)39-25-27-40(28-26-39)41-29-32-48-59(35-41)64-58-24-12-23-57(60(48)58)63-54-22-11-7-18-47(54)50-37-43(31-34-56(50)63)62-53-21-10-6-17-46(53)49-36-42(30-33-55(49)62)61-51-19-8-4-15-44(51)45-16-5-9-20-52(45)61/h1-37H. The first kappa shape index (κ1) is 35.4. The summed E-state index contributed by atoms with van der Waals surface area (Å²) in [5.74, 6) is 0.